The van der Waals surface area contributed by atoms with Gasteiger partial charge < -0.3 is 5.11 Å². The number of benzene rings is 1. The van der Waals surface area contributed by atoms with Gasteiger partial charge in [0.1, 0.15) is 0 Å². The Balaban J connectivity index is 2.96. The van der Waals surface area contributed by atoms with Gasteiger partial charge in [0, 0.05) is 0 Å². The maximum Gasteiger partial charge on any atom is 0.311 e. The molecule has 2 nitrogen and oxygen atoms in total. The van der Waals surface area contributed by atoms with E-state index < -0.39 is 11.9 Å². The highest BCUT2D eigenvalue weighted by molar-refractivity contribution is 5.74. The van der Waals surface area contributed by atoms with Crippen molar-refractivity contribution in [1.82, 2.24) is 0 Å². The lowest BCUT2D eigenvalue weighted by atomic mass is 9.83. The summed E-state index contributed by atoms with van der Waals surface area (Å²) in [5, 5.41) is 9.11. The molecule has 0 unspecified atom stereocenters. The fourth-order valence-electron chi connectivity index (χ4n) is 1.80. The summed E-state index contributed by atoms with van der Waals surface area (Å²) in [5.41, 5.74) is 1.73. The highest BCUT2D eigenvalue weighted by Crippen LogP contribution is 2.28. The quantitative estimate of drug-likeness (QED) is 0.765. The molecule has 0 saturated carbocycles. The molecule has 1 aromatic rings. The molecule has 0 aliphatic carbocycles. The number of carboxylic acid groups (broad SMARTS) is 1. The second-order valence-electron chi connectivity index (χ2n) is 3.86. The molecule has 15 heavy (non-hydrogen) atoms. The normalized spacial score (nSPS) is 14.3. The molecular formula is C13H16O2. The summed E-state index contributed by atoms with van der Waals surface area (Å²) >= 11 is 0. The van der Waals surface area contributed by atoms with Gasteiger partial charge in [0.2, 0.25) is 0 Å². The van der Waals surface area contributed by atoms with Gasteiger partial charge in [-0.15, -0.1) is 0 Å². The molecule has 0 fully saturated rings. The van der Waals surface area contributed by atoms with Crippen molar-refractivity contribution >= 4 is 5.97 Å². The van der Waals surface area contributed by atoms with Crippen molar-refractivity contribution < 1.29 is 9.90 Å². The van der Waals surface area contributed by atoms with Crippen molar-refractivity contribution in [3.63, 3.8) is 0 Å². The van der Waals surface area contributed by atoms with Crippen LogP contribution in [0.25, 0.3) is 0 Å². The first kappa shape index (κ1) is 11.5. The Morgan fingerprint density at radius 1 is 1.33 bits per heavy atom. The predicted molar refractivity (Wildman–Crippen MR) is 60.8 cm³/mol. The molecule has 0 heterocycles. The van der Waals surface area contributed by atoms with Crippen LogP contribution in [0.15, 0.2) is 42.5 Å². The highest BCUT2D eigenvalue weighted by Gasteiger charge is 2.26. The summed E-state index contributed by atoms with van der Waals surface area (Å²) in [5.74, 6) is -1.35. The Morgan fingerprint density at radius 3 is 2.27 bits per heavy atom. The number of aliphatic carboxylic acids is 1. The van der Waals surface area contributed by atoms with Gasteiger partial charge in [-0.25, -0.2) is 0 Å². The minimum Gasteiger partial charge on any atom is -0.481 e. The molecule has 2 atom stereocenters. The number of hydrogen-bond acceptors (Lipinski definition) is 1. The minimum atomic E-state index is -0.807. The van der Waals surface area contributed by atoms with Crippen LogP contribution < -0.4 is 0 Å². The van der Waals surface area contributed by atoms with Crippen LogP contribution in [0.3, 0.4) is 0 Å². The molecule has 0 saturated heterocycles. The molecule has 0 spiro atoms. The SMILES string of the molecule is C=C(C)[C@H](C(=O)O)[C@@H](C)c1ccccc1. The molecule has 1 N–H and O–H groups in total. The van der Waals surface area contributed by atoms with E-state index in [1.165, 1.54) is 0 Å². The Labute approximate surface area is 90.3 Å². The van der Waals surface area contributed by atoms with Crippen LogP contribution in [0.4, 0.5) is 0 Å². The van der Waals surface area contributed by atoms with Crippen molar-refractivity contribution in [2.75, 3.05) is 0 Å². The van der Waals surface area contributed by atoms with E-state index in [4.69, 9.17) is 5.11 Å². The maximum atomic E-state index is 11.1. The zero-order valence-electron chi connectivity index (χ0n) is 9.10. The van der Waals surface area contributed by atoms with E-state index in [0.717, 1.165) is 5.56 Å². The van der Waals surface area contributed by atoms with Crippen LogP contribution in [0.1, 0.15) is 25.3 Å². The summed E-state index contributed by atoms with van der Waals surface area (Å²) in [6.07, 6.45) is 0. The summed E-state index contributed by atoms with van der Waals surface area (Å²) in [6, 6.07) is 9.66. The molecule has 0 amide bonds. The third-order valence-corrected chi connectivity index (χ3v) is 2.62. The van der Waals surface area contributed by atoms with Gasteiger partial charge in [0.15, 0.2) is 0 Å². The first-order valence-electron chi connectivity index (χ1n) is 4.97. The smallest absolute Gasteiger partial charge is 0.311 e. The van der Waals surface area contributed by atoms with Gasteiger partial charge in [-0.1, -0.05) is 49.4 Å². The van der Waals surface area contributed by atoms with E-state index in [9.17, 15) is 4.79 Å². The van der Waals surface area contributed by atoms with E-state index in [1.54, 1.807) is 6.92 Å². The van der Waals surface area contributed by atoms with Crippen molar-refractivity contribution in [3.8, 4) is 0 Å². The Bertz CT molecular complexity index is 340. The zero-order chi connectivity index (χ0) is 11.4. The van der Waals surface area contributed by atoms with E-state index in [1.807, 2.05) is 37.3 Å². The molecule has 0 aliphatic rings. The second kappa shape index (κ2) is 4.78. The zero-order valence-corrected chi connectivity index (χ0v) is 9.10. The molecule has 0 bridgehead atoms. The van der Waals surface area contributed by atoms with Crippen LogP contribution in [0.2, 0.25) is 0 Å². The van der Waals surface area contributed by atoms with Crippen molar-refractivity contribution in [3.05, 3.63) is 48.0 Å². The van der Waals surface area contributed by atoms with Crippen LogP contribution in [0.5, 0.6) is 0 Å². The molecule has 80 valence electrons. The number of hydrogen-bond donors (Lipinski definition) is 1. The van der Waals surface area contributed by atoms with Crippen molar-refractivity contribution in [1.29, 1.82) is 0 Å². The molecule has 0 radical (unpaired) electrons. The van der Waals surface area contributed by atoms with E-state index >= 15 is 0 Å². The lowest BCUT2D eigenvalue weighted by molar-refractivity contribution is -0.140. The predicted octanol–water partition coefficient (Wildman–Crippen LogP) is 3.07. The molecule has 2 heteroatoms. The average molecular weight is 204 g/mol. The van der Waals surface area contributed by atoms with Gasteiger partial charge >= 0.3 is 5.97 Å². The largest absolute Gasteiger partial charge is 0.481 e. The monoisotopic (exact) mass is 204 g/mol. The van der Waals surface area contributed by atoms with E-state index in [0.29, 0.717) is 5.57 Å². The van der Waals surface area contributed by atoms with E-state index in [2.05, 4.69) is 6.58 Å². The molecule has 0 aliphatic heterocycles. The van der Waals surface area contributed by atoms with Gasteiger partial charge in [0.25, 0.3) is 0 Å². The Hall–Kier alpha value is -1.57. The summed E-state index contributed by atoms with van der Waals surface area (Å²) < 4.78 is 0. The van der Waals surface area contributed by atoms with Gasteiger partial charge in [-0.3, -0.25) is 4.79 Å². The number of carbonyl (C=O) groups is 1. The van der Waals surface area contributed by atoms with Crippen molar-refractivity contribution in [2.45, 2.75) is 19.8 Å². The van der Waals surface area contributed by atoms with Gasteiger partial charge in [-0.2, -0.15) is 0 Å². The topological polar surface area (TPSA) is 37.3 Å². The Kier molecular flexibility index (Phi) is 3.67. The fraction of sp³-hybridized carbons (Fsp3) is 0.308. The third-order valence-electron chi connectivity index (χ3n) is 2.62. The lowest BCUT2D eigenvalue weighted by Crippen LogP contribution is -2.21. The summed E-state index contributed by atoms with van der Waals surface area (Å²) in [4.78, 5) is 11.1. The first-order valence-corrected chi connectivity index (χ1v) is 4.97. The van der Waals surface area contributed by atoms with Crippen molar-refractivity contribution in [2.24, 2.45) is 5.92 Å². The second-order valence-corrected chi connectivity index (χ2v) is 3.86. The van der Waals surface area contributed by atoms with Crippen LogP contribution in [-0.4, -0.2) is 11.1 Å². The van der Waals surface area contributed by atoms with Gasteiger partial charge in [-0.05, 0) is 18.4 Å². The summed E-state index contributed by atoms with van der Waals surface area (Å²) in [6.45, 7) is 7.42. The van der Waals surface area contributed by atoms with E-state index in [-0.39, 0.29) is 5.92 Å². The molecular weight excluding hydrogens is 188 g/mol. The first-order chi connectivity index (χ1) is 7.04. The minimum absolute atomic E-state index is 0.0406. The summed E-state index contributed by atoms with van der Waals surface area (Å²) in [7, 11) is 0. The Morgan fingerprint density at radius 2 is 1.87 bits per heavy atom. The molecule has 1 rings (SSSR count). The molecule has 1 aromatic carbocycles. The number of carboxylic acids is 1. The standard InChI is InChI=1S/C13H16O2/c1-9(2)12(13(14)15)10(3)11-7-5-4-6-8-11/h4-8,10,12H,1H2,2-3H3,(H,14,15)/t10-,12-/m0/s1. The van der Waals surface area contributed by atoms with Gasteiger partial charge in [0.05, 0.1) is 5.92 Å². The number of rotatable bonds is 4. The third kappa shape index (κ3) is 2.69. The maximum absolute atomic E-state index is 11.1. The van der Waals surface area contributed by atoms with Crippen LogP contribution in [-0.2, 0) is 4.79 Å². The van der Waals surface area contributed by atoms with Crippen LogP contribution >= 0.6 is 0 Å². The fourth-order valence-corrected chi connectivity index (χ4v) is 1.80. The average Bonchev–Trinajstić information content (AvgIpc) is 2.18. The lowest BCUT2D eigenvalue weighted by Gasteiger charge is -2.20. The van der Waals surface area contributed by atoms with Crippen LogP contribution in [0, 0.1) is 5.92 Å². The highest BCUT2D eigenvalue weighted by atomic mass is 16.4. The molecule has 0 aromatic heterocycles.